The van der Waals surface area contributed by atoms with Crippen LogP contribution in [0.5, 0.6) is 0 Å². The largest absolute Gasteiger partial charge is 0.478 e. The summed E-state index contributed by atoms with van der Waals surface area (Å²) in [5.74, 6) is -0.923. The fraction of sp³-hybridized carbons (Fsp3) is 0.0909. The van der Waals surface area contributed by atoms with E-state index in [1.165, 1.54) is 0 Å². The first kappa shape index (κ1) is 10.9. The van der Waals surface area contributed by atoms with Crippen LogP contribution in [0.1, 0.15) is 16.1 Å². The van der Waals surface area contributed by atoms with Crippen molar-refractivity contribution in [2.45, 2.75) is 5.33 Å². The Balaban J connectivity index is 2.30. The summed E-state index contributed by atoms with van der Waals surface area (Å²) in [6, 6.07) is 8.49. The van der Waals surface area contributed by atoms with Crippen LogP contribution in [0.25, 0.3) is 5.69 Å². The van der Waals surface area contributed by atoms with Crippen molar-refractivity contribution < 1.29 is 9.90 Å². The lowest BCUT2D eigenvalue weighted by molar-refractivity contribution is 0.0697. The van der Waals surface area contributed by atoms with Crippen LogP contribution in [0.2, 0.25) is 0 Å². The molecule has 16 heavy (non-hydrogen) atoms. The number of carbonyl (C=O) groups is 1. The van der Waals surface area contributed by atoms with Gasteiger partial charge in [0, 0.05) is 11.5 Å². The molecular formula is C11H9BrN2O2. The van der Waals surface area contributed by atoms with Crippen molar-refractivity contribution >= 4 is 21.9 Å². The van der Waals surface area contributed by atoms with E-state index in [0.717, 1.165) is 11.4 Å². The highest BCUT2D eigenvalue weighted by Crippen LogP contribution is 2.11. The molecular weight excluding hydrogens is 272 g/mol. The van der Waals surface area contributed by atoms with Crippen molar-refractivity contribution in [3.8, 4) is 5.69 Å². The number of hydrogen-bond donors (Lipinski definition) is 1. The number of aromatic carboxylic acids is 1. The quantitative estimate of drug-likeness (QED) is 0.879. The zero-order valence-corrected chi connectivity index (χ0v) is 9.89. The van der Waals surface area contributed by atoms with E-state index in [2.05, 4.69) is 21.0 Å². The minimum Gasteiger partial charge on any atom is -0.478 e. The number of hydrogen-bond acceptors (Lipinski definition) is 2. The monoisotopic (exact) mass is 280 g/mol. The van der Waals surface area contributed by atoms with Gasteiger partial charge >= 0.3 is 5.97 Å². The highest BCUT2D eigenvalue weighted by Gasteiger charge is 2.03. The molecule has 1 N–H and O–H groups in total. The number of rotatable bonds is 3. The Morgan fingerprint density at radius 1 is 1.31 bits per heavy atom. The molecule has 82 valence electrons. The Morgan fingerprint density at radius 3 is 2.50 bits per heavy atom. The van der Waals surface area contributed by atoms with E-state index in [-0.39, 0.29) is 5.56 Å². The van der Waals surface area contributed by atoms with E-state index >= 15 is 0 Å². The topological polar surface area (TPSA) is 55.1 Å². The molecule has 0 fully saturated rings. The zero-order valence-electron chi connectivity index (χ0n) is 8.30. The van der Waals surface area contributed by atoms with Gasteiger partial charge in [-0.2, -0.15) is 5.10 Å². The van der Waals surface area contributed by atoms with E-state index in [1.54, 1.807) is 28.9 Å². The summed E-state index contributed by atoms with van der Waals surface area (Å²) in [5, 5.41) is 13.8. The predicted molar refractivity (Wildman–Crippen MR) is 63.2 cm³/mol. The smallest absolute Gasteiger partial charge is 0.335 e. The molecule has 0 saturated heterocycles. The van der Waals surface area contributed by atoms with Gasteiger partial charge in [0.05, 0.1) is 16.9 Å². The maximum absolute atomic E-state index is 10.7. The molecule has 2 rings (SSSR count). The van der Waals surface area contributed by atoms with Crippen LogP contribution in [0.3, 0.4) is 0 Å². The van der Waals surface area contributed by atoms with Gasteiger partial charge in [-0.05, 0) is 30.3 Å². The summed E-state index contributed by atoms with van der Waals surface area (Å²) in [7, 11) is 0. The van der Waals surface area contributed by atoms with Crippen LogP contribution in [0.4, 0.5) is 0 Å². The summed E-state index contributed by atoms with van der Waals surface area (Å²) in [5.41, 5.74) is 2.05. The van der Waals surface area contributed by atoms with Crippen LogP contribution in [-0.4, -0.2) is 20.9 Å². The molecule has 0 spiro atoms. The second kappa shape index (κ2) is 4.49. The standard InChI is InChI=1S/C11H9BrN2O2/c12-7-9-5-6-14(13-9)10-3-1-8(2-4-10)11(15)16/h1-6H,7H2,(H,15,16). The third-order valence-corrected chi connectivity index (χ3v) is 2.73. The molecule has 0 atom stereocenters. The molecule has 0 radical (unpaired) electrons. The van der Waals surface area contributed by atoms with Crippen molar-refractivity contribution in [3.05, 3.63) is 47.8 Å². The third-order valence-electron chi connectivity index (χ3n) is 2.16. The number of benzene rings is 1. The molecule has 0 aliphatic rings. The molecule has 2 aromatic rings. The van der Waals surface area contributed by atoms with Gasteiger partial charge in [0.25, 0.3) is 0 Å². The molecule has 1 aromatic carbocycles. The van der Waals surface area contributed by atoms with Crippen molar-refractivity contribution in [2.24, 2.45) is 0 Å². The summed E-state index contributed by atoms with van der Waals surface area (Å²) in [6.45, 7) is 0. The average molecular weight is 281 g/mol. The van der Waals surface area contributed by atoms with Gasteiger partial charge in [-0.1, -0.05) is 15.9 Å². The van der Waals surface area contributed by atoms with Crippen molar-refractivity contribution in [1.29, 1.82) is 0 Å². The van der Waals surface area contributed by atoms with E-state index < -0.39 is 5.97 Å². The Kier molecular flexibility index (Phi) is 3.05. The number of carboxylic acid groups (broad SMARTS) is 1. The van der Waals surface area contributed by atoms with Gasteiger partial charge in [-0.25, -0.2) is 9.48 Å². The normalized spacial score (nSPS) is 10.3. The van der Waals surface area contributed by atoms with Gasteiger partial charge in [0.15, 0.2) is 0 Å². The van der Waals surface area contributed by atoms with Crippen LogP contribution in [0.15, 0.2) is 36.5 Å². The average Bonchev–Trinajstić information content (AvgIpc) is 2.77. The van der Waals surface area contributed by atoms with E-state index in [0.29, 0.717) is 5.33 Å². The number of carboxylic acids is 1. The number of halogens is 1. The van der Waals surface area contributed by atoms with Gasteiger partial charge < -0.3 is 5.11 Å². The third kappa shape index (κ3) is 2.14. The molecule has 4 nitrogen and oxygen atoms in total. The second-order valence-corrected chi connectivity index (χ2v) is 3.80. The Morgan fingerprint density at radius 2 is 2.00 bits per heavy atom. The Hall–Kier alpha value is -1.62. The predicted octanol–water partition coefficient (Wildman–Crippen LogP) is 2.47. The highest BCUT2D eigenvalue weighted by molar-refractivity contribution is 9.08. The molecule has 0 unspecified atom stereocenters. The van der Waals surface area contributed by atoms with Crippen LogP contribution in [-0.2, 0) is 5.33 Å². The highest BCUT2D eigenvalue weighted by atomic mass is 79.9. The molecule has 1 aromatic heterocycles. The number of nitrogens with zero attached hydrogens (tertiary/aromatic N) is 2. The van der Waals surface area contributed by atoms with Gasteiger partial charge in [0.2, 0.25) is 0 Å². The van der Waals surface area contributed by atoms with Crippen molar-refractivity contribution in [2.75, 3.05) is 0 Å². The lowest BCUT2D eigenvalue weighted by Crippen LogP contribution is -1.99. The molecule has 0 aliphatic carbocycles. The van der Waals surface area contributed by atoms with Crippen molar-refractivity contribution in [3.63, 3.8) is 0 Å². The minimum absolute atomic E-state index is 0.275. The molecule has 0 aliphatic heterocycles. The van der Waals surface area contributed by atoms with Crippen LogP contribution in [0, 0.1) is 0 Å². The van der Waals surface area contributed by atoms with Crippen LogP contribution < -0.4 is 0 Å². The number of aromatic nitrogens is 2. The molecule has 5 heteroatoms. The molecule has 0 saturated carbocycles. The molecule has 1 heterocycles. The van der Waals surface area contributed by atoms with E-state index in [4.69, 9.17) is 5.11 Å². The fourth-order valence-electron chi connectivity index (χ4n) is 1.33. The Labute approximate surface area is 101 Å². The zero-order chi connectivity index (χ0) is 11.5. The lowest BCUT2D eigenvalue weighted by atomic mass is 10.2. The van der Waals surface area contributed by atoms with Crippen LogP contribution >= 0.6 is 15.9 Å². The molecule has 0 bridgehead atoms. The first-order valence-corrected chi connectivity index (χ1v) is 5.77. The maximum Gasteiger partial charge on any atom is 0.335 e. The first-order chi connectivity index (χ1) is 7.70. The molecule has 0 amide bonds. The second-order valence-electron chi connectivity index (χ2n) is 3.24. The van der Waals surface area contributed by atoms with E-state index in [9.17, 15) is 4.79 Å². The van der Waals surface area contributed by atoms with E-state index in [1.807, 2.05) is 12.3 Å². The summed E-state index contributed by atoms with van der Waals surface area (Å²) in [6.07, 6.45) is 1.84. The lowest BCUT2D eigenvalue weighted by Gasteiger charge is -2.01. The summed E-state index contributed by atoms with van der Waals surface area (Å²) in [4.78, 5) is 10.7. The van der Waals surface area contributed by atoms with Crippen molar-refractivity contribution in [1.82, 2.24) is 9.78 Å². The number of alkyl halides is 1. The van der Waals surface area contributed by atoms with Gasteiger partial charge in [0.1, 0.15) is 0 Å². The first-order valence-electron chi connectivity index (χ1n) is 4.65. The Bertz CT molecular complexity index is 505. The maximum atomic E-state index is 10.7. The SMILES string of the molecule is O=C(O)c1ccc(-n2ccc(CBr)n2)cc1. The van der Waals surface area contributed by atoms with Gasteiger partial charge in [-0.3, -0.25) is 0 Å². The summed E-state index contributed by atoms with van der Waals surface area (Å²) < 4.78 is 1.71. The fourth-order valence-corrected chi connectivity index (χ4v) is 1.63. The van der Waals surface area contributed by atoms with Gasteiger partial charge in [-0.15, -0.1) is 0 Å². The minimum atomic E-state index is -0.923. The summed E-state index contributed by atoms with van der Waals surface area (Å²) >= 11 is 3.32.